The fourth-order valence-electron chi connectivity index (χ4n) is 0.555. The number of hydrogen-bond acceptors (Lipinski definition) is 2. The van der Waals surface area contributed by atoms with Gasteiger partial charge < -0.3 is 9.73 Å². The van der Waals surface area contributed by atoms with Crippen molar-refractivity contribution < 1.29 is 9.21 Å². The maximum absolute atomic E-state index is 9.75. The lowest BCUT2D eigenvalue weighted by Gasteiger charge is -1.90. The molecule has 3 nitrogen and oxygen atoms in total. The summed E-state index contributed by atoms with van der Waals surface area (Å²) in [6.07, 6.45) is 2.21. The molecular formula is C7H11NO2. The molecule has 0 atom stereocenters. The smallest absolute Gasteiger partial charge is 0.207 e. The second kappa shape index (κ2) is 4.61. The van der Waals surface area contributed by atoms with Gasteiger partial charge in [-0.2, -0.15) is 0 Å². The summed E-state index contributed by atoms with van der Waals surface area (Å²) in [5, 5.41) is 2.48. The van der Waals surface area contributed by atoms with Gasteiger partial charge in [0.25, 0.3) is 0 Å². The molecule has 0 aliphatic heterocycles. The van der Waals surface area contributed by atoms with Gasteiger partial charge in [-0.25, -0.2) is 0 Å². The molecule has 0 bridgehead atoms. The van der Waals surface area contributed by atoms with Gasteiger partial charge in [-0.05, 0) is 12.1 Å². The van der Waals surface area contributed by atoms with Gasteiger partial charge in [0.1, 0.15) is 5.76 Å². The van der Waals surface area contributed by atoms with Crippen molar-refractivity contribution in [1.82, 2.24) is 5.32 Å². The fourth-order valence-corrected chi connectivity index (χ4v) is 0.555. The Bertz CT molecular complexity index is 170. The van der Waals surface area contributed by atoms with E-state index in [-0.39, 0.29) is 7.43 Å². The molecule has 1 aromatic heterocycles. The number of carbonyl (C=O) groups is 1. The number of furan rings is 1. The van der Waals surface area contributed by atoms with Crippen LogP contribution in [0.4, 0.5) is 0 Å². The lowest BCUT2D eigenvalue weighted by Crippen LogP contribution is -2.08. The maximum Gasteiger partial charge on any atom is 0.207 e. The summed E-state index contributed by atoms with van der Waals surface area (Å²) in [7, 11) is 0. The molecule has 0 saturated carbocycles. The Morgan fingerprint density at radius 1 is 1.70 bits per heavy atom. The Labute approximate surface area is 60.0 Å². The third kappa shape index (κ3) is 2.35. The molecule has 0 aliphatic carbocycles. The van der Waals surface area contributed by atoms with Crippen LogP contribution in [0.2, 0.25) is 0 Å². The van der Waals surface area contributed by atoms with E-state index in [0.717, 1.165) is 5.76 Å². The zero-order valence-corrected chi connectivity index (χ0v) is 4.83. The van der Waals surface area contributed by atoms with Gasteiger partial charge in [0, 0.05) is 0 Å². The van der Waals surface area contributed by atoms with E-state index < -0.39 is 0 Å². The topological polar surface area (TPSA) is 42.2 Å². The first-order chi connectivity index (χ1) is 4.43. The molecule has 0 aliphatic rings. The zero-order valence-electron chi connectivity index (χ0n) is 4.83. The average molecular weight is 141 g/mol. The molecule has 0 unspecified atom stereocenters. The van der Waals surface area contributed by atoms with Crippen molar-refractivity contribution in [3.63, 3.8) is 0 Å². The minimum atomic E-state index is 0. The molecule has 10 heavy (non-hydrogen) atoms. The molecule has 0 saturated heterocycles. The van der Waals surface area contributed by atoms with Crippen molar-refractivity contribution in [2.24, 2.45) is 0 Å². The van der Waals surface area contributed by atoms with Gasteiger partial charge in [0.05, 0.1) is 12.8 Å². The van der Waals surface area contributed by atoms with Crippen LogP contribution >= 0.6 is 0 Å². The molecule has 1 aromatic rings. The standard InChI is InChI=1S/C6H7NO2.CH4/c8-5-7-4-6-2-1-3-9-6;/h1-3,5H,4H2,(H,7,8);1H4. The van der Waals surface area contributed by atoms with Crippen LogP contribution in [0.1, 0.15) is 13.2 Å². The average Bonchev–Trinajstić information content (AvgIpc) is 2.34. The van der Waals surface area contributed by atoms with Gasteiger partial charge in [0.15, 0.2) is 0 Å². The van der Waals surface area contributed by atoms with E-state index in [4.69, 9.17) is 4.42 Å². The van der Waals surface area contributed by atoms with Crippen molar-refractivity contribution in [3.05, 3.63) is 24.2 Å². The van der Waals surface area contributed by atoms with Crippen LogP contribution in [0.15, 0.2) is 22.8 Å². The van der Waals surface area contributed by atoms with Crippen LogP contribution in [0, 0.1) is 0 Å². The third-order valence-corrected chi connectivity index (χ3v) is 0.940. The summed E-state index contributed by atoms with van der Waals surface area (Å²) in [6.45, 7) is 0.469. The predicted molar refractivity (Wildman–Crippen MR) is 38.3 cm³/mol. The van der Waals surface area contributed by atoms with E-state index in [9.17, 15) is 4.79 Å². The maximum atomic E-state index is 9.75. The van der Waals surface area contributed by atoms with E-state index >= 15 is 0 Å². The summed E-state index contributed by atoms with van der Waals surface area (Å²) in [6, 6.07) is 3.58. The van der Waals surface area contributed by atoms with E-state index in [1.54, 1.807) is 18.4 Å². The molecule has 1 amide bonds. The Kier molecular flexibility index (Phi) is 4.04. The van der Waals surface area contributed by atoms with Crippen LogP contribution in [-0.2, 0) is 11.3 Å². The van der Waals surface area contributed by atoms with E-state index in [1.807, 2.05) is 0 Å². The number of rotatable bonds is 3. The summed E-state index contributed by atoms with van der Waals surface area (Å²) < 4.78 is 4.91. The number of amides is 1. The highest BCUT2D eigenvalue weighted by Crippen LogP contribution is 1.97. The van der Waals surface area contributed by atoms with Crippen molar-refractivity contribution in [2.45, 2.75) is 14.0 Å². The Balaban J connectivity index is 0.000000810. The first-order valence-corrected chi connectivity index (χ1v) is 2.63. The Morgan fingerprint density at radius 3 is 3.00 bits per heavy atom. The number of nitrogens with one attached hydrogen (secondary N) is 1. The molecule has 56 valence electrons. The molecule has 0 aromatic carbocycles. The highest BCUT2D eigenvalue weighted by molar-refractivity contribution is 5.45. The van der Waals surface area contributed by atoms with Gasteiger partial charge in [0.2, 0.25) is 6.41 Å². The fraction of sp³-hybridized carbons (Fsp3) is 0.286. The lowest BCUT2D eigenvalue weighted by molar-refractivity contribution is -0.109. The van der Waals surface area contributed by atoms with Crippen molar-refractivity contribution >= 4 is 6.41 Å². The first kappa shape index (κ1) is 8.75. The minimum absolute atomic E-state index is 0. The second-order valence-corrected chi connectivity index (χ2v) is 1.58. The lowest BCUT2D eigenvalue weighted by atomic mass is 10.4. The Morgan fingerprint density at radius 2 is 2.50 bits per heavy atom. The predicted octanol–water partition coefficient (Wildman–Crippen LogP) is 1.16. The summed E-state index contributed by atoms with van der Waals surface area (Å²) in [5.41, 5.74) is 0. The van der Waals surface area contributed by atoms with Crippen LogP contribution < -0.4 is 5.32 Å². The van der Waals surface area contributed by atoms with E-state index in [1.165, 1.54) is 0 Å². The van der Waals surface area contributed by atoms with E-state index in [0.29, 0.717) is 13.0 Å². The van der Waals surface area contributed by atoms with Gasteiger partial charge in [-0.15, -0.1) is 0 Å². The van der Waals surface area contributed by atoms with Crippen molar-refractivity contribution in [1.29, 1.82) is 0 Å². The van der Waals surface area contributed by atoms with E-state index in [2.05, 4.69) is 5.32 Å². The first-order valence-electron chi connectivity index (χ1n) is 2.63. The summed E-state index contributed by atoms with van der Waals surface area (Å²) in [5.74, 6) is 0.766. The number of hydrogen-bond donors (Lipinski definition) is 1. The van der Waals surface area contributed by atoms with Gasteiger partial charge in [-0.1, -0.05) is 7.43 Å². The molecule has 3 heteroatoms. The molecular weight excluding hydrogens is 130 g/mol. The normalized spacial score (nSPS) is 8.00. The monoisotopic (exact) mass is 141 g/mol. The highest BCUT2D eigenvalue weighted by Gasteiger charge is 1.89. The van der Waals surface area contributed by atoms with Crippen LogP contribution in [0.25, 0.3) is 0 Å². The molecule has 0 fully saturated rings. The van der Waals surface area contributed by atoms with Gasteiger partial charge in [-0.3, -0.25) is 4.79 Å². The molecule has 1 heterocycles. The van der Waals surface area contributed by atoms with Crippen LogP contribution in [-0.4, -0.2) is 6.41 Å². The third-order valence-electron chi connectivity index (χ3n) is 0.940. The largest absolute Gasteiger partial charge is 0.467 e. The molecule has 1 rings (SSSR count). The highest BCUT2D eigenvalue weighted by atomic mass is 16.3. The Hall–Kier alpha value is -1.25. The zero-order chi connectivity index (χ0) is 6.53. The quantitative estimate of drug-likeness (QED) is 0.642. The summed E-state index contributed by atoms with van der Waals surface area (Å²) >= 11 is 0. The number of carbonyl (C=O) groups excluding carboxylic acids is 1. The van der Waals surface area contributed by atoms with Crippen molar-refractivity contribution in [3.8, 4) is 0 Å². The van der Waals surface area contributed by atoms with Crippen LogP contribution in [0.5, 0.6) is 0 Å². The van der Waals surface area contributed by atoms with Crippen molar-refractivity contribution in [2.75, 3.05) is 0 Å². The minimum Gasteiger partial charge on any atom is -0.467 e. The molecule has 0 spiro atoms. The molecule has 0 radical (unpaired) electrons. The molecule has 1 N–H and O–H groups in total. The second-order valence-electron chi connectivity index (χ2n) is 1.58. The van der Waals surface area contributed by atoms with Gasteiger partial charge >= 0.3 is 0 Å². The summed E-state index contributed by atoms with van der Waals surface area (Å²) in [4.78, 5) is 9.75. The SMILES string of the molecule is C.O=CNCc1ccco1. The van der Waals surface area contributed by atoms with Crippen LogP contribution in [0.3, 0.4) is 0 Å².